The zero-order chi connectivity index (χ0) is 20.4. The molecule has 0 radical (unpaired) electrons. The van der Waals surface area contributed by atoms with Crippen molar-refractivity contribution in [2.75, 3.05) is 19.4 Å². The van der Waals surface area contributed by atoms with Gasteiger partial charge in [-0.15, -0.1) is 0 Å². The van der Waals surface area contributed by atoms with Gasteiger partial charge in [0.2, 0.25) is 0 Å². The summed E-state index contributed by atoms with van der Waals surface area (Å²) in [5, 5.41) is 7.50. The molecule has 28 heavy (non-hydrogen) atoms. The minimum Gasteiger partial charge on any atom is -0.345 e. The molecule has 6 nitrogen and oxygen atoms in total. The molecular formula is C21H21ClN4O2. The maximum atomic E-state index is 12.8. The van der Waals surface area contributed by atoms with E-state index in [1.54, 1.807) is 37.0 Å². The number of amides is 2. The fourth-order valence-electron chi connectivity index (χ4n) is 2.88. The fraction of sp³-hybridized carbons (Fsp3) is 0.190. The van der Waals surface area contributed by atoms with Crippen molar-refractivity contribution in [2.24, 2.45) is 0 Å². The third-order valence-electron chi connectivity index (χ3n) is 4.47. The number of rotatable bonds is 4. The highest BCUT2D eigenvalue weighted by Gasteiger charge is 2.18. The van der Waals surface area contributed by atoms with Crippen molar-refractivity contribution in [3.63, 3.8) is 0 Å². The van der Waals surface area contributed by atoms with Gasteiger partial charge in [0.1, 0.15) is 0 Å². The number of anilines is 1. The minimum atomic E-state index is -0.339. The van der Waals surface area contributed by atoms with Gasteiger partial charge in [0.25, 0.3) is 11.8 Å². The molecule has 0 fully saturated rings. The molecule has 0 aliphatic rings. The molecule has 1 heterocycles. The van der Waals surface area contributed by atoms with Gasteiger partial charge in [-0.05, 0) is 43.7 Å². The Kier molecular flexibility index (Phi) is 5.51. The highest BCUT2D eigenvalue weighted by Crippen LogP contribution is 2.25. The molecule has 0 bridgehead atoms. The van der Waals surface area contributed by atoms with Gasteiger partial charge in [-0.3, -0.25) is 9.59 Å². The molecular weight excluding hydrogens is 376 g/mol. The smallest absolute Gasteiger partial charge is 0.259 e. The molecule has 3 aromatic rings. The molecule has 2 aromatic carbocycles. The summed E-state index contributed by atoms with van der Waals surface area (Å²) in [4.78, 5) is 26.4. The number of para-hydroxylation sites is 1. The predicted octanol–water partition coefficient (Wildman–Crippen LogP) is 4.10. The Morgan fingerprint density at radius 1 is 1.11 bits per heavy atom. The first-order chi connectivity index (χ1) is 13.3. The van der Waals surface area contributed by atoms with Gasteiger partial charge < -0.3 is 10.2 Å². The van der Waals surface area contributed by atoms with Crippen LogP contribution in [0.2, 0.25) is 5.02 Å². The van der Waals surface area contributed by atoms with Gasteiger partial charge in [0, 0.05) is 19.7 Å². The third kappa shape index (κ3) is 3.77. The average molecular weight is 397 g/mol. The standard InChI is InChI=1S/C21H21ClN4O2/c1-13-7-5-6-8-19(13)26-14(2)16(12-23-26)20(27)24-18-11-15(9-10-17(18)22)21(28)25(3)4/h5-12H,1-4H3,(H,24,27). The summed E-state index contributed by atoms with van der Waals surface area (Å²) in [5.74, 6) is -0.510. The van der Waals surface area contributed by atoms with E-state index in [4.69, 9.17) is 11.6 Å². The van der Waals surface area contributed by atoms with Crippen LogP contribution in [0.25, 0.3) is 5.69 Å². The minimum absolute atomic E-state index is 0.171. The zero-order valence-corrected chi connectivity index (χ0v) is 16.9. The molecule has 0 unspecified atom stereocenters. The van der Waals surface area contributed by atoms with Crippen molar-refractivity contribution < 1.29 is 9.59 Å². The summed E-state index contributed by atoms with van der Waals surface area (Å²) in [6.07, 6.45) is 1.53. The molecule has 1 aromatic heterocycles. The number of hydrogen-bond donors (Lipinski definition) is 1. The van der Waals surface area contributed by atoms with E-state index in [9.17, 15) is 9.59 Å². The summed E-state index contributed by atoms with van der Waals surface area (Å²) in [7, 11) is 3.33. The first kappa shape index (κ1) is 19.6. The Labute approximate surface area is 168 Å². The fourth-order valence-corrected chi connectivity index (χ4v) is 3.04. The van der Waals surface area contributed by atoms with Crippen LogP contribution in [0.5, 0.6) is 0 Å². The van der Waals surface area contributed by atoms with Crippen molar-refractivity contribution in [2.45, 2.75) is 13.8 Å². The summed E-state index contributed by atoms with van der Waals surface area (Å²) < 4.78 is 1.73. The Hall–Kier alpha value is -3.12. The number of hydrogen-bond acceptors (Lipinski definition) is 3. The van der Waals surface area contributed by atoms with Crippen LogP contribution >= 0.6 is 11.6 Å². The molecule has 0 saturated heterocycles. The van der Waals surface area contributed by atoms with Gasteiger partial charge >= 0.3 is 0 Å². The maximum absolute atomic E-state index is 12.8. The number of carbonyl (C=O) groups excluding carboxylic acids is 2. The topological polar surface area (TPSA) is 67.2 Å². The van der Waals surface area contributed by atoms with Crippen molar-refractivity contribution in [3.8, 4) is 5.69 Å². The molecule has 0 saturated carbocycles. The summed E-state index contributed by atoms with van der Waals surface area (Å²) >= 11 is 6.21. The van der Waals surface area contributed by atoms with E-state index >= 15 is 0 Å². The SMILES string of the molecule is Cc1ccccc1-n1ncc(C(=O)Nc2cc(C(=O)N(C)C)ccc2Cl)c1C. The number of nitrogens with one attached hydrogen (secondary N) is 1. The van der Waals surface area contributed by atoms with E-state index in [1.165, 1.54) is 11.1 Å². The average Bonchev–Trinajstić information content (AvgIpc) is 3.04. The van der Waals surface area contributed by atoms with E-state index in [1.807, 2.05) is 38.1 Å². The lowest BCUT2D eigenvalue weighted by Crippen LogP contribution is -2.22. The Bertz CT molecular complexity index is 1060. The Morgan fingerprint density at radius 3 is 2.50 bits per heavy atom. The molecule has 1 N–H and O–H groups in total. The van der Waals surface area contributed by atoms with Crippen LogP contribution < -0.4 is 5.32 Å². The highest BCUT2D eigenvalue weighted by atomic mass is 35.5. The van der Waals surface area contributed by atoms with Crippen molar-refractivity contribution in [1.29, 1.82) is 0 Å². The van der Waals surface area contributed by atoms with E-state index < -0.39 is 0 Å². The summed E-state index contributed by atoms with van der Waals surface area (Å²) in [6.45, 7) is 3.82. The molecule has 3 rings (SSSR count). The number of aromatic nitrogens is 2. The van der Waals surface area contributed by atoms with E-state index in [-0.39, 0.29) is 11.8 Å². The van der Waals surface area contributed by atoms with Crippen molar-refractivity contribution in [3.05, 3.63) is 76.1 Å². The van der Waals surface area contributed by atoms with Crippen LogP contribution in [0, 0.1) is 13.8 Å². The van der Waals surface area contributed by atoms with Crippen LogP contribution in [-0.2, 0) is 0 Å². The van der Waals surface area contributed by atoms with Gasteiger partial charge in [0.15, 0.2) is 0 Å². The van der Waals surface area contributed by atoms with E-state index in [0.717, 1.165) is 11.3 Å². The third-order valence-corrected chi connectivity index (χ3v) is 4.80. The van der Waals surface area contributed by atoms with Gasteiger partial charge in [-0.2, -0.15) is 5.10 Å². The normalized spacial score (nSPS) is 10.6. The predicted molar refractivity (Wildman–Crippen MR) is 110 cm³/mol. The zero-order valence-electron chi connectivity index (χ0n) is 16.2. The second-order valence-electron chi connectivity index (χ2n) is 6.69. The number of carbonyl (C=O) groups is 2. The second kappa shape index (κ2) is 7.86. The van der Waals surface area contributed by atoms with Crippen LogP contribution in [-0.4, -0.2) is 40.6 Å². The second-order valence-corrected chi connectivity index (χ2v) is 7.10. The Balaban J connectivity index is 1.90. The summed E-state index contributed by atoms with van der Waals surface area (Å²) in [5.41, 5.74) is 3.93. The van der Waals surface area contributed by atoms with Crippen molar-refractivity contribution in [1.82, 2.24) is 14.7 Å². The Morgan fingerprint density at radius 2 is 1.82 bits per heavy atom. The van der Waals surface area contributed by atoms with Gasteiger partial charge in [0.05, 0.1) is 33.9 Å². The van der Waals surface area contributed by atoms with Crippen LogP contribution in [0.3, 0.4) is 0 Å². The number of benzene rings is 2. The van der Waals surface area contributed by atoms with E-state index in [0.29, 0.717) is 27.5 Å². The monoisotopic (exact) mass is 396 g/mol. The molecule has 144 valence electrons. The molecule has 0 aliphatic heterocycles. The van der Waals surface area contributed by atoms with Crippen molar-refractivity contribution >= 4 is 29.1 Å². The molecule has 0 aliphatic carbocycles. The number of halogens is 1. The number of aryl methyl sites for hydroxylation is 1. The molecule has 2 amide bonds. The van der Waals surface area contributed by atoms with Gasteiger partial charge in [-0.25, -0.2) is 4.68 Å². The lowest BCUT2D eigenvalue weighted by molar-refractivity contribution is 0.0827. The quantitative estimate of drug-likeness (QED) is 0.722. The lowest BCUT2D eigenvalue weighted by Gasteiger charge is -2.13. The van der Waals surface area contributed by atoms with Gasteiger partial charge in [-0.1, -0.05) is 29.8 Å². The van der Waals surface area contributed by atoms with E-state index in [2.05, 4.69) is 10.4 Å². The van der Waals surface area contributed by atoms with Crippen LogP contribution in [0.4, 0.5) is 5.69 Å². The largest absolute Gasteiger partial charge is 0.345 e. The number of nitrogens with zero attached hydrogens (tertiary/aromatic N) is 3. The first-order valence-electron chi connectivity index (χ1n) is 8.72. The van der Waals surface area contributed by atoms with Crippen LogP contribution in [0.1, 0.15) is 32.0 Å². The molecule has 0 spiro atoms. The molecule has 7 heteroatoms. The van der Waals surface area contributed by atoms with Crippen LogP contribution in [0.15, 0.2) is 48.7 Å². The lowest BCUT2D eigenvalue weighted by atomic mass is 10.1. The summed E-state index contributed by atoms with van der Waals surface area (Å²) in [6, 6.07) is 12.6. The molecule has 0 atom stereocenters. The highest BCUT2D eigenvalue weighted by molar-refractivity contribution is 6.34. The maximum Gasteiger partial charge on any atom is 0.259 e. The first-order valence-corrected chi connectivity index (χ1v) is 9.10.